The van der Waals surface area contributed by atoms with Crippen LogP contribution in [-0.4, -0.2) is 27.9 Å². The predicted molar refractivity (Wildman–Crippen MR) is 83.6 cm³/mol. The Bertz CT molecular complexity index is 618. The van der Waals surface area contributed by atoms with Crippen molar-refractivity contribution in [3.8, 4) is 0 Å². The Kier molecular flexibility index (Phi) is 5.51. The zero-order valence-corrected chi connectivity index (χ0v) is 13.2. The third-order valence-corrected chi connectivity index (χ3v) is 4.23. The van der Waals surface area contributed by atoms with E-state index in [0.29, 0.717) is 20.9 Å². The first kappa shape index (κ1) is 15.7. The van der Waals surface area contributed by atoms with Gasteiger partial charge in [-0.3, -0.25) is 4.79 Å². The molecule has 112 valence electrons. The fraction of sp³-hybridized carbons (Fsp3) is 0.308. The fourth-order valence-corrected chi connectivity index (χ4v) is 3.08. The SMILES string of the molecule is CC(C)NC(=O)CSc1nnc(Nc2cccc(F)c2)s1. The number of benzene rings is 1. The third kappa shape index (κ3) is 5.31. The molecule has 21 heavy (non-hydrogen) atoms. The second kappa shape index (κ2) is 7.37. The van der Waals surface area contributed by atoms with E-state index in [-0.39, 0.29) is 17.8 Å². The number of nitrogens with one attached hydrogen (secondary N) is 2. The summed E-state index contributed by atoms with van der Waals surface area (Å²) in [5.74, 6) is -0.0541. The van der Waals surface area contributed by atoms with Gasteiger partial charge in [0.05, 0.1) is 5.75 Å². The molecule has 0 aliphatic rings. The summed E-state index contributed by atoms with van der Waals surface area (Å²) in [4.78, 5) is 11.5. The van der Waals surface area contributed by atoms with E-state index in [9.17, 15) is 9.18 Å². The van der Waals surface area contributed by atoms with Crippen molar-refractivity contribution in [2.75, 3.05) is 11.1 Å². The molecule has 0 unspecified atom stereocenters. The van der Waals surface area contributed by atoms with Gasteiger partial charge >= 0.3 is 0 Å². The Labute approximate surface area is 130 Å². The number of hydrogen-bond donors (Lipinski definition) is 2. The molecule has 0 atom stereocenters. The lowest BCUT2D eigenvalue weighted by Crippen LogP contribution is -2.31. The van der Waals surface area contributed by atoms with Crippen molar-refractivity contribution < 1.29 is 9.18 Å². The number of aromatic nitrogens is 2. The lowest BCUT2D eigenvalue weighted by molar-refractivity contribution is -0.119. The second-order valence-corrected chi connectivity index (χ2v) is 6.72. The molecule has 2 rings (SSSR count). The molecule has 0 bridgehead atoms. The molecule has 2 aromatic rings. The minimum absolute atomic E-state index is 0.0372. The quantitative estimate of drug-likeness (QED) is 0.799. The number of rotatable bonds is 6. The van der Waals surface area contributed by atoms with E-state index in [1.54, 1.807) is 12.1 Å². The van der Waals surface area contributed by atoms with Crippen LogP contribution in [-0.2, 0) is 4.79 Å². The van der Waals surface area contributed by atoms with Gasteiger partial charge in [-0.25, -0.2) is 4.39 Å². The van der Waals surface area contributed by atoms with Crippen molar-refractivity contribution in [2.24, 2.45) is 0 Å². The molecule has 1 aromatic carbocycles. The number of nitrogens with zero attached hydrogens (tertiary/aromatic N) is 2. The van der Waals surface area contributed by atoms with Crippen LogP contribution in [0.25, 0.3) is 0 Å². The molecule has 0 spiro atoms. The van der Waals surface area contributed by atoms with E-state index in [0.717, 1.165) is 0 Å². The monoisotopic (exact) mass is 326 g/mol. The minimum atomic E-state index is -0.315. The zero-order valence-electron chi connectivity index (χ0n) is 11.6. The van der Waals surface area contributed by atoms with Crippen LogP contribution in [0.3, 0.4) is 0 Å². The molecule has 0 aliphatic heterocycles. The maximum absolute atomic E-state index is 13.1. The average molecular weight is 326 g/mol. The van der Waals surface area contributed by atoms with Crippen molar-refractivity contribution in [1.82, 2.24) is 15.5 Å². The second-order valence-electron chi connectivity index (χ2n) is 4.52. The smallest absolute Gasteiger partial charge is 0.230 e. The molecular weight excluding hydrogens is 311 g/mol. The molecule has 1 heterocycles. The Morgan fingerprint density at radius 1 is 1.43 bits per heavy atom. The van der Waals surface area contributed by atoms with Gasteiger partial charge in [0.15, 0.2) is 4.34 Å². The van der Waals surface area contributed by atoms with Gasteiger partial charge in [0.25, 0.3) is 0 Å². The van der Waals surface area contributed by atoms with Gasteiger partial charge in [0.2, 0.25) is 11.0 Å². The van der Waals surface area contributed by atoms with Crippen molar-refractivity contribution in [1.29, 1.82) is 0 Å². The highest BCUT2D eigenvalue weighted by Crippen LogP contribution is 2.27. The first-order valence-corrected chi connectivity index (χ1v) is 8.11. The van der Waals surface area contributed by atoms with Crippen LogP contribution < -0.4 is 10.6 Å². The third-order valence-electron chi connectivity index (χ3n) is 2.26. The molecule has 8 heteroatoms. The summed E-state index contributed by atoms with van der Waals surface area (Å²) in [6.07, 6.45) is 0. The molecule has 2 N–H and O–H groups in total. The topological polar surface area (TPSA) is 66.9 Å². The Morgan fingerprint density at radius 3 is 2.95 bits per heavy atom. The van der Waals surface area contributed by atoms with E-state index >= 15 is 0 Å². The largest absolute Gasteiger partial charge is 0.353 e. The normalized spacial score (nSPS) is 10.7. The lowest BCUT2D eigenvalue weighted by atomic mass is 10.3. The molecular formula is C13H15FN4OS2. The van der Waals surface area contributed by atoms with E-state index in [1.165, 1.54) is 35.2 Å². The molecule has 0 fully saturated rings. The molecule has 5 nitrogen and oxygen atoms in total. The number of thioether (sulfide) groups is 1. The summed E-state index contributed by atoms with van der Waals surface area (Å²) in [6, 6.07) is 6.24. The molecule has 0 aliphatic carbocycles. The van der Waals surface area contributed by atoms with E-state index in [1.807, 2.05) is 13.8 Å². The standard InChI is InChI=1S/C13H15FN4OS2/c1-8(2)15-11(19)7-20-13-18-17-12(21-13)16-10-5-3-4-9(14)6-10/h3-6,8H,7H2,1-2H3,(H,15,19)(H,16,17). The first-order valence-electron chi connectivity index (χ1n) is 6.31. The molecule has 0 saturated carbocycles. The van der Waals surface area contributed by atoms with Gasteiger partial charge < -0.3 is 10.6 Å². The highest BCUT2D eigenvalue weighted by Gasteiger charge is 2.09. The number of halogens is 1. The van der Waals surface area contributed by atoms with Gasteiger partial charge in [0, 0.05) is 11.7 Å². The van der Waals surface area contributed by atoms with Crippen LogP contribution >= 0.6 is 23.1 Å². The molecule has 1 aromatic heterocycles. The van der Waals surface area contributed by atoms with Gasteiger partial charge in [-0.05, 0) is 32.0 Å². The Balaban J connectivity index is 1.88. The van der Waals surface area contributed by atoms with Crippen LogP contribution in [0.1, 0.15) is 13.8 Å². The van der Waals surface area contributed by atoms with Crippen LogP contribution in [0.2, 0.25) is 0 Å². The van der Waals surface area contributed by atoms with Crippen LogP contribution in [0.4, 0.5) is 15.2 Å². The maximum atomic E-state index is 13.1. The van der Waals surface area contributed by atoms with Crippen LogP contribution in [0.5, 0.6) is 0 Å². The summed E-state index contributed by atoms with van der Waals surface area (Å²) in [5, 5.41) is 14.3. The average Bonchev–Trinajstić information content (AvgIpc) is 2.83. The predicted octanol–water partition coefficient (Wildman–Crippen LogP) is 3.04. The fourth-order valence-electron chi connectivity index (χ4n) is 1.50. The summed E-state index contributed by atoms with van der Waals surface area (Å²) in [7, 11) is 0. The lowest BCUT2D eigenvalue weighted by Gasteiger charge is -2.06. The maximum Gasteiger partial charge on any atom is 0.230 e. The van der Waals surface area contributed by atoms with Crippen LogP contribution in [0, 0.1) is 5.82 Å². The van der Waals surface area contributed by atoms with Gasteiger partial charge in [0.1, 0.15) is 5.82 Å². The summed E-state index contributed by atoms with van der Waals surface area (Å²) < 4.78 is 13.8. The highest BCUT2D eigenvalue weighted by atomic mass is 32.2. The number of anilines is 2. The summed E-state index contributed by atoms with van der Waals surface area (Å²) in [5.41, 5.74) is 0.611. The zero-order chi connectivity index (χ0) is 15.2. The van der Waals surface area contributed by atoms with Gasteiger partial charge in [-0.15, -0.1) is 10.2 Å². The van der Waals surface area contributed by atoms with Crippen LogP contribution in [0.15, 0.2) is 28.6 Å². The highest BCUT2D eigenvalue weighted by molar-refractivity contribution is 8.01. The number of amides is 1. The van der Waals surface area contributed by atoms with E-state index in [4.69, 9.17) is 0 Å². The summed E-state index contributed by atoms with van der Waals surface area (Å²) in [6.45, 7) is 3.82. The van der Waals surface area contributed by atoms with Crippen molar-refractivity contribution in [3.63, 3.8) is 0 Å². The van der Waals surface area contributed by atoms with Crippen molar-refractivity contribution >= 4 is 39.8 Å². The Hall–Kier alpha value is -1.67. The van der Waals surface area contributed by atoms with E-state index in [2.05, 4.69) is 20.8 Å². The molecule has 1 amide bonds. The van der Waals surface area contributed by atoms with Crippen molar-refractivity contribution in [3.05, 3.63) is 30.1 Å². The number of carbonyl (C=O) groups is 1. The minimum Gasteiger partial charge on any atom is -0.353 e. The van der Waals surface area contributed by atoms with E-state index < -0.39 is 0 Å². The number of carbonyl (C=O) groups excluding carboxylic acids is 1. The summed E-state index contributed by atoms with van der Waals surface area (Å²) >= 11 is 2.65. The Morgan fingerprint density at radius 2 is 2.24 bits per heavy atom. The molecule has 0 saturated heterocycles. The van der Waals surface area contributed by atoms with Gasteiger partial charge in [-0.2, -0.15) is 0 Å². The van der Waals surface area contributed by atoms with Crippen molar-refractivity contribution in [2.45, 2.75) is 24.2 Å². The van der Waals surface area contributed by atoms with Gasteiger partial charge in [-0.1, -0.05) is 29.2 Å². The molecule has 0 radical (unpaired) electrons. The first-order chi connectivity index (χ1) is 10.0. The number of hydrogen-bond acceptors (Lipinski definition) is 6.